The van der Waals surface area contributed by atoms with Gasteiger partial charge in [0.2, 0.25) is 5.91 Å². The molecule has 20 heavy (non-hydrogen) atoms. The van der Waals surface area contributed by atoms with Gasteiger partial charge in [0.05, 0.1) is 11.3 Å². The van der Waals surface area contributed by atoms with Crippen molar-refractivity contribution in [3.63, 3.8) is 0 Å². The van der Waals surface area contributed by atoms with Gasteiger partial charge in [0.15, 0.2) is 0 Å². The molecule has 2 aliphatic rings. The Hall–Kier alpha value is -1.73. The number of piperidine rings is 2. The molecule has 0 saturated carbocycles. The molecule has 0 aliphatic carbocycles. The van der Waals surface area contributed by atoms with Gasteiger partial charge in [-0.2, -0.15) is 5.26 Å². The Balaban J connectivity index is 1.81. The number of nitrogens with one attached hydrogen (secondary N) is 1. The van der Waals surface area contributed by atoms with Crippen LogP contribution in [0.15, 0.2) is 18.2 Å². The minimum Gasteiger partial charge on any atom is -0.370 e. The van der Waals surface area contributed by atoms with Crippen LogP contribution < -0.4 is 10.2 Å². The number of benzene rings is 1. The maximum absolute atomic E-state index is 11.4. The first-order valence-electron chi connectivity index (χ1n) is 6.91. The normalized spacial score (nSPS) is 25.6. The van der Waals surface area contributed by atoms with Gasteiger partial charge in [-0.1, -0.05) is 11.6 Å². The van der Waals surface area contributed by atoms with E-state index in [4.69, 9.17) is 11.6 Å². The predicted octanol–water partition coefficient (Wildman–Crippen LogP) is 2.32. The first-order chi connectivity index (χ1) is 9.67. The van der Waals surface area contributed by atoms with Gasteiger partial charge in [-0.05, 0) is 37.0 Å². The molecule has 0 bridgehead atoms. The monoisotopic (exact) mass is 289 g/mol. The Kier molecular flexibility index (Phi) is 3.54. The number of nitrogens with zero attached hydrogens (tertiary/aromatic N) is 2. The summed E-state index contributed by atoms with van der Waals surface area (Å²) in [5.74, 6) is 0.632. The highest BCUT2D eigenvalue weighted by atomic mass is 35.5. The standard InChI is InChI=1S/C15H16ClN3O/c16-12-3-1-10(8-17)14(7-12)19-6-5-13-11(9-19)2-4-15(20)18-13/h1,3,7,11,13H,2,4-6,9H2,(H,18,20). The van der Waals surface area contributed by atoms with Crippen molar-refractivity contribution in [1.82, 2.24) is 5.32 Å². The van der Waals surface area contributed by atoms with E-state index >= 15 is 0 Å². The number of carbonyl (C=O) groups excluding carboxylic acids is 1. The molecule has 0 radical (unpaired) electrons. The van der Waals surface area contributed by atoms with E-state index in [9.17, 15) is 10.1 Å². The first kappa shape index (κ1) is 13.3. The SMILES string of the molecule is N#Cc1ccc(Cl)cc1N1CCC2NC(=O)CCC2C1. The highest BCUT2D eigenvalue weighted by molar-refractivity contribution is 6.30. The molecular weight excluding hydrogens is 274 g/mol. The minimum atomic E-state index is 0.167. The highest BCUT2D eigenvalue weighted by Crippen LogP contribution is 2.31. The van der Waals surface area contributed by atoms with Crippen LogP contribution in [0.2, 0.25) is 5.02 Å². The zero-order valence-corrected chi connectivity index (χ0v) is 11.9. The lowest BCUT2D eigenvalue weighted by atomic mass is 9.85. The molecule has 1 aromatic rings. The van der Waals surface area contributed by atoms with Crippen LogP contribution in [0.5, 0.6) is 0 Å². The minimum absolute atomic E-state index is 0.167. The predicted molar refractivity (Wildman–Crippen MR) is 77.7 cm³/mol. The molecule has 2 atom stereocenters. The van der Waals surface area contributed by atoms with E-state index in [0.29, 0.717) is 22.9 Å². The smallest absolute Gasteiger partial charge is 0.220 e. The number of amides is 1. The summed E-state index contributed by atoms with van der Waals surface area (Å²) in [4.78, 5) is 13.7. The fraction of sp³-hybridized carbons (Fsp3) is 0.467. The fourth-order valence-electron chi connectivity index (χ4n) is 3.19. The molecule has 2 fully saturated rings. The Bertz CT molecular complexity index is 581. The average molecular weight is 290 g/mol. The zero-order valence-electron chi connectivity index (χ0n) is 11.1. The third-order valence-corrected chi connectivity index (χ3v) is 4.48. The number of hydrogen-bond acceptors (Lipinski definition) is 3. The Morgan fingerprint density at radius 3 is 3.05 bits per heavy atom. The topological polar surface area (TPSA) is 56.1 Å². The summed E-state index contributed by atoms with van der Waals surface area (Å²) in [5.41, 5.74) is 1.57. The van der Waals surface area contributed by atoms with Crippen LogP contribution in [-0.2, 0) is 4.79 Å². The van der Waals surface area contributed by atoms with Crippen LogP contribution >= 0.6 is 11.6 Å². The van der Waals surface area contributed by atoms with Crippen LogP contribution in [0, 0.1) is 17.2 Å². The Labute approximate surface area is 123 Å². The largest absolute Gasteiger partial charge is 0.370 e. The van der Waals surface area contributed by atoms with Crippen molar-refractivity contribution in [3.8, 4) is 6.07 Å². The lowest BCUT2D eigenvalue weighted by Gasteiger charge is -2.42. The molecule has 1 N–H and O–H groups in total. The van der Waals surface area contributed by atoms with Gasteiger partial charge in [-0.3, -0.25) is 4.79 Å². The van der Waals surface area contributed by atoms with Crippen LogP contribution in [0.25, 0.3) is 0 Å². The van der Waals surface area contributed by atoms with E-state index < -0.39 is 0 Å². The fourth-order valence-corrected chi connectivity index (χ4v) is 3.36. The van der Waals surface area contributed by atoms with Gasteiger partial charge in [-0.15, -0.1) is 0 Å². The van der Waals surface area contributed by atoms with Crippen LogP contribution in [-0.4, -0.2) is 25.0 Å². The molecule has 5 heteroatoms. The van der Waals surface area contributed by atoms with Crippen LogP contribution in [0.1, 0.15) is 24.8 Å². The Morgan fingerprint density at radius 1 is 1.40 bits per heavy atom. The molecule has 1 amide bonds. The summed E-state index contributed by atoms with van der Waals surface area (Å²) in [6, 6.07) is 7.90. The molecule has 0 spiro atoms. The van der Waals surface area contributed by atoms with Gasteiger partial charge < -0.3 is 10.2 Å². The van der Waals surface area contributed by atoms with Crippen molar-refractivity contribution in [2.45, 2.75) is 25.3 Å². The van der Waals surface area contributed by atoms with E-state index in [1.165, 1.54) is 0 Å². The van der Waals surface area contributed by atoms with Gasteiger partial charge >= 0.3 is 0 Å². The van der Waals surface area contributed by atoms with E-state index in [1.807, 2.05) is 6.07 Å². The lowest BCUT2D eigenvalue weighted by Crippen LogP contribution is -2.54. The lowest BCUT2D eigenvalue weighted by molar-refractivity contribution is -0.124. The third kappa shape index (κ3) is 2.46. The molecule has 4 nitrogen and oxygen atoms in total. The second kappa shape index (κ2) is 5.34. The molecule has 2 saturated heterocycles. The summed E-state index contributed by atoms with van der Waals surface area (Å²) >= 11 is 6.06. The second-order valence-corrected chi connectivity index (χ2v) is 5.92. The maximum atomic E-state index is 11.4. The van der Waals surface area contributed by atoms with Crippen LogP contribution in [0.3, 0.4) is 0 Å². The average Bonchev–Trinajstić information content (AvgIpc) is 2.46. The number of hydrogen-bond donors (Lipinski definition) is 1. The molecule has 2 unspecified atom stereocenters. The second-order valence-electron chi connectivity index (χ2n) is 5.48. The number of rotatable bonds is 1. The third-order valence-electron chi connectivity index (χ3n) is 4.24. The number of anilines is 1. The molecule has 3 rings (SSSR count). The van der Waals surface area contributed by atoms with Crippen molar-refractivity contribution in [3.05, 3.63) is 28.8 Å². The van der Waals surface area contributed by atoms with E-state index in [0.717, 1.165) is 31.6 Å². The summed E-state index contributed by atoms with van der Waals surface area (Å²) in [6.07, 6.45) is 2.46. The Morgan fingerprint density at radius 2 is 2.25 bits per heavy atom. The van der Waals surface area contributed by atoms with Crippen LogP contribution in [0.4, 0.5) is 5.69 Å². The number of halogens is 1. The van der Waals surface area contributed by atoms with Crippen molar-refractivity contribution in [1.29, 1.82) is 5.26 Å². The summed E-state index contributed by atoms with van der Waals surface area (Å²) in [5, 5.41) is 13.0. The van der Waals surface area contributed by atoms with Gasteiger partial charge in [0.1, 0.15) is 6.07 Å². The van der Waals surface area contributed by atoms with Crippen molar-refractivity contribution < 1.29 is 4.79 Å². The zero-order chi connectivity index (χ0) is 14.1. The first-order valence-corrected chi connectivity index (χ1v) is 7.29. The maximum Gasteiger partial charge on any atom is 0.220 e. The molecule has 2 aliphatic heterocycles. The van der Waals surface area contributed by atoms with Gasteiger partial charge in [0.25, 0.3) is 0 Å². The summed E-state index contributed by atoms with van der Waals surface area (Å²) in [7, 11) is 0. The van der Waals surface area contributed by atoms with E-state index in [2.05, 4.69) is 16.3 Å². The molecule has 0 aromatic heterocycles. The number of nitriles is 1. The molecule has 2 heterocycles. The van der Waals surface area contributed by atoms with Gasteiger partial charge in [-0.25, -0.2) is 0 Å². The highest BCUT2D eigenvalue weighted by Gasteiger charge is 2.34. The molecule has 1 aromatic carbocycles. The van der Waals surface area contributed by atoms with E-state index in [-0.39, 0.29) is 11.9 Å². The van der Waals surface area contributed by atoms with E-state index in [1.54, 1.807) is 12.1 Å². The van der Waals surface area contributed by atoms with Crippen molar-refractivity contribution >= 4 is 23.2 Å². The van der Waals surface area contributed by atoms with Gasteiger partial charge in [0, 0.05) is 30.6 Å². The van der Waals surface area contributed by atoms with Crippen molar-refractivity contribution in [2.24, 2.45) is 5.92 Å². The number of carbonyl (C=O) groups is 1. The quantitative estimate of drug-likeness (QED) is 0.863. The summed E-state index contributed by atoms with van der Waals surface area (Å²) in [6.45, 7) is 1.72. The molecule has 104 valence electrons. The number of fused-ring (bicyclic) bond motifs is 1. The van der Waals surface area contributed by atoms with Crippen molar-refractivity contribution in [2.75, 3.05) is 18.0 Å². The summed E-state index contributed by atoms with van der Waals surface area (Å²) < 4.78 is 0. The molecular formula is C15H16ClN3O.